The van der Waals surface area contributed by atoms with Gasteiger partial charge in [-0.2, -0.15) is 5.26 Å². The third kappa shape index (κ3) is 3.72. The first-order valence-electron chi connectivity index (χ1n) is 5.24. The lowest BCUT2D eigenvalue weighted by Gasteiger charge is -2.11. The summed E-state index contributed by atoms with van der Waals surface area (Å²) >= 11 is 9.25. The van der Waals surface area contributed by atoms with Crippen LogP contribution in [0.3, 0.4) is 0 Å². The molecule has 0 aromatic heterocycles. The highest BCUT2D eigenvalue weighted by molar-refractivity contribution is 9.10. The van der Waals surface area contributed by atoms with E-state index in [2.05, 4.69) is 27.3 Å². The molecule has 0 fully saturated rings. The van der Waals surface area contributed by atoms with E-state index in [1.807, 2.05) is 6.92 Å². The van der Waals surface area contributed by atoms with E-state index in [0.717, 1.165) is 6.42 Å². The van der Waals surface area contributed by atoms with Crippen LogP contribution in [-0.2, 0) is 0 Å². The van der Waals surface area contributed by atoms with Gasteiger partial charge in [0.05, 0.1) is 16.7 Å². The molecule has 3 nitrogen and oxygen atoms in total. The van der Waals surface area contributed by atoms with Crippen molar-refractivity contribution in [1.29, 1.82) is 5.26 Å². The summed E-state index contributed by atoms with van der Waals surface area (Å²) in [6.45, 7) is 1.96. The first kappa shape index (κ1) is 14.0. The van der Waals surface area contributed by atoms with Crippen molar-refractivity contribution in [3.63, 3.8) is 0 Å². The molecule has 0 saturated heterocycles. The number of halogens is 2. The summed E-state index contributed by atoms with van der Waals surface area (Å²) in [7, 11) is 0. The molecule has 1 aromatic rings. The number of benzene rings is 1. The fourth-order valence-electron chi connectivity index (χ4n) is 1.37. The molecule has 0 heterocycles. The molecule has 0 aliphatic heterocycles. The van der Waals surface area contributed by atoms with Crippen LogP contribution in [-0.4, -0.2) is 11.9 Å². The lowest BCUT2D eigenvalue weighted by Crippen LogP contribution is -2.33. The summed E-state index contributed by atoms with van der Waals surface area (Å²) in [6.07, 6.45) is 1.47. The second kappa shape index (κ2) is 6.63. The van der Waals surface area contributed by atoms with Gasteiger partial charge in [0.1, 0.15) is 6.04 Å². The van der Waals surface area contributed by atoms with Gasteiger partial charge in [0, 0.05) is 4.47 Å². The summed E-state index contributed by atoms with van der Waals surface area (Å²) in [5.41, 5.74) is 0.373. The Morgan fingerprint density at radius 1 is 1.65 bits per heavy atom. The number of hydrogen-bond acceptors (Lipinski definition) is 2. The van der Waals surface area contributed by atoms with E-state index in [1.165, 1.54) is 0 Å². The SMILES string of the molecule is CCCC(C#N)NC(=O)c1cccc(Br)c1Cl. The number of amides is 1. The number of nitrogens with one attached hydrogen (secondary N) is 1. The van der Waals surface area contributed by atoms with Crippen molar-refractivity contribution in [1.82, 2.24) is 5.32 Å². The maximum Gasteiger partial charge on any atom is 0.253 e. The fourth-order valence-corrected chi connectivity index (χ4v) is 1.95. The number of nitrogens with zero attached hydrogens (tertiary/aromatic N) is 1. The molecule has 90 valence electrons. The Labute approximate surface area is 114 Å². The van der Waals surface area contributed by atoms with Gasteiger partial charge >= 0.3 is 0 Å². The van der Waals surface area contributed by atoms with Crippen LogP contribution in [0.5, 0.6) is 0 Å². The highest BCUT2D eigenvalue weighted by atomic mass is 79.9. The number of carbonyl (C=O) groups is 1. The van der Waals surface area contributed by atoms with Gasteiger partial charge in [-0.25, -0.2) is 0 Å². The Morgan fingerprint density at radius 3 is 2.94 bits per heavy atom. The molecule has 0 aliphatic rings. The van der Waals surface area contributed by atoms with E-state index in [1.54, 1.807) is 18.2 Å². The minimum Gasteiger partial charge on any atom is -0.336 e. The minimum absolute atomic E-state index is 0.323. The van der Waals surface area contributed by atoms with Crippen LogP contribution in [0.25, 0.3) is 0 Å². The number of carbonyl (C=O) groups excluding carboxylic acids is 1. The largest absolute Gasteiger partial charge is 0.336 e. The summed E-state index contributed by atoms with van der Waals surface area (Å²) in [5, 5.41) is 11.9. The van der Waals surface area contributed by atoms with Crippen molar-refractivity contribution >= 4 is 33.4 Å². The number of rotatable bonds is 4. The molecule has 1 atom stereocenters. The molecular formula is C12H12BrClN2O. The summed E-state index contributed by atoms with van der Waals surface area (Å²) in [4.78, 5) is 11.9. The zero-order valence-electron chi connectivity index (χ0n) is 9.34. The standard InChI is InChI=1S/C12H12BrClN2O/c1-2-4-8(7-15)16-12(17)9-5-3-6-10(13)11(9)14/h3,5-6,8H,2,4H2,1H3,(H,16,17). The van der Waals surface area contributed by atoms with Gasteiger partial charge < -0.3 is 5.32 Å². The zero-order chi connectivity index (χ0) is 12.8. The van der Waals surface area contributed by atoms with E-state index in [9.17, 15) is 4.79 Å². The van der Waals surface area contributed by atoms with Crippen LogP contribution < -0.4 is 5.32 Å². The normalized spacial score (nSPS) is 11.6. The molecule has 17 heavy (non-hydrogen) atoms. The van der Waals surface area contributed by atoms with Gasteiger partial charge in [-0.15, -0.1) is 0 Å². The van der Waals surface area contributed by atoms with Crippen molar-refractivity contribution in [3.8, 4) is 6.07 Å². The van der Waals surface area contributed by atoms with E-state index >= 15 is 0 Å². The molecule has 0 spiro atoms. The lowest BCUT2D eigenvalue weighted by atomic mass is 10.1. The molecule has 0 radical (unpaired) electrons. The second-order valence-corrected chi connectivity index (χ2v) is 4.78. The summed E-state index contributed by atoms with van der Waals surface area (Å²) in [6, 6.07) is 6.69. The highest BCUT2D eigenvalue weighted by Crippen LogP contribution is 2.25. The second-order valence-electron chi connectivity index (χ2n) is 3.55. The van der Waals surface area contributed by atoms with Crippen LogP contribution >= 0.6 is 27.5 Å². The quantitative estimate of drug-likeness (QED) is 0.924. The predicted molar refractivity (Wildman–Crippen MR) is 70.9 cm³/mol. The van der Waals surface area contributed by atoms with Crippen molar-refractivity contribution < 1.29 is 4.79 Å². The Hall–Kier alpha value is -1.05. The molecule has 5 heteroatoms. The molecule has 0 aliphatic carbocycles. The Kier molecular flexibility index (Phi) is 5.46. The Bertz CT molecular complexity index is 456. The van der Waals surface area contributed by atoms with E-state index in [-0.39, 0.29) is 5.91 Å². The molecule has 1 N–H and O–H groups in total. The van der Waals surface area contributed by atoms with E-state index in [0.29, 0.717) is 21.5 Å². The van der Waals surface area contributed by atoms with E-state index < -0.39 is 6.04 Å². The smallest absolute Gasteiger partial charge is 0.253 e. The van der Waals surface area contributed by atoms with Crippen LogP contribution in [0.4, 0.5) is 0 Å². The van der Waals surface area contributed by atoms with Crippen molar-refractivity contribution in [2.45, 2.75) is 25.8 Å². The molecule has 1 unspecified atom stereocenters. The Morgan fingerprint density at radius 2 is 2.35 bits per heavy atom. The van der Waals surface area contributed by atoms with Gasteiger partial charge in [0.25, 0.3) is 5.91 Å². The molecule has 1 rings (SSSR count). The fraction of sp³-hybridized carbons (Fsp3) is 0.333. The van der Waals surface area contributed by atoms with Crippen LogP contribution in [0, 0.1) is 11.3 Å². The molecule has 0 saturated carbocycles. The first-order chi connectivity index (χ1) is 8.10. The topological polar surface area (TPSA) is 52.9 Å². The highest BCUT2D eigenvalue weighted by Gasteiger charge is 2.15. The van der Waals surface area contributed by atoms with Crippen LogP contribution in [0.1, 0.15) is 30.1 Å². The third-order valence-electron chi connectivity index (χ3n) is 2.23. The third-order valence-corrected chi connectivity index (χ3v) is 3.53. The minimum atomic E-state index is -0.470. The average Bonchev–Trinajstić information content (AvgIpc) is 2.31. The molecule has 1 aromatic carbocycles. The maximum absolute atomic E-state index is 11.9. The monoisotopic (exact) mass is 314 g/mol. The van der Waals surface area contributed by atoms with Gasteiger partial charge in [-0.05, 0) is 34.5 Å². The number of hydrogen-bond donors (Lipinski definition) is 1. The van der Waals surface area contributed by atoms with Crippen LogP contribution in [0.2, 0.25) is 5.02 Å². The van der Waals surface area contributed by atoms with Crippen LogP contribution in [0.15, 0.2) is 22.7 Å². The first-order valence-corrected chi connectivity index (χ1v) is 6.41. The maximum atomic E-state index is 11.9. The molecule has 0 bridgehead atoms. The predicted octanol–water partition coefficient (Wildman–Crippen LogP) is 3.52. The molecular weight excluding hydrogens is 304 g/mol. The van der Waals surface area contributed by atoms with Crippen molar-refractivity contribution in [3.05, 3.63) is 33.3 Å². The summed E-state index contributed by atoms with van der Waals surface area (Å²) < 4.78 is 0.663. The van der Waals surface area contributed by atoms with Gasteiger partial charge in [-0.3, -0.25) is 4.79 Å². The molecule has 1 amide bonds. The van der Waals surface area contributed by atoms with E-state index in [4.69, 9.17) is 16.9 Å². The average molecular weight is 316 g/mol. The van der Waals surface area contributed by atoms with Gasteiger partial charge in [0.15, 0.2) is 0 Å². The summed E-state index contributed by atoms with van der Waals surface area (Å²) in [5.74, 6) is -0.323. The Balaban J connectivity index is 2.83. The van der Waals surface area contributed by atoms with Gasteiger partial charge in [0.2, 0.25) is 0 Å². The number of nitriles is 1. The lowest BCUT2D eigenvalue weighted by molar-refractivity contribution is 0.0944. The zero-order valence-corrected chi connectivity index (χ0v) is 11.7. The van der Waals surface area contributed by atoms with Crippen molar-refractivity contribution in [2.75, 3.05) is 0 Å². The van der Waals surface area contributed by atoms with Gasteiger partial charge in [-0.1, -0.05) is 31.0 Å². The van der Waals surface area contributed by atoms with Crippen molar-refractivity contribution in [2.24, 2.45) is 0 Å².